The highest BCUT2D eigenvalue weighted by Crippen LogP contribution is 2.27. The number of aryl methyl sites for hydroxylation is 2. The van der Waals surface area contributed by atoms with Crippen LogP contribution in [-0.2, 0) is 19.4 Å². The van der Waals surface area contributed by atoms with Gasteiger partial charge in [0, 0.05) is 11.5 Å². The summed E-state index contributed by atoms with van der Waals surface area (Å²) >= 11 is 7.10. The van der Waals surface area contributed by atoms with E-state index in [0.717, 1.165) is 12.2 Å². The van der Waals surface area contributed by atoms with E-state index in [9.17, 15) is 0 Å². The number of nitrogens with zero attached hydrogens (tertiary/aromatic N) is 2. The van der Waals surface area contributed by atoms with E-state index in [2.05, 4.69) is 21.7 Å². The zero-order chi connectivity index (χ0) is 11.7. The second-order valence-electron chi connectivity index (χ2n) is 4.07. The van der Waals surface area contributed by atoms with Crippen LogP contribution in [0.4, 0.5) is 0 Å². The lowest BCUT2D eigenvalue weighted by Crippen LogP contribution is -1.97. The van der Waals surface area contributed by atoms with Gasteiger partial charge in [0.05, 0.1) is 0 Å². The molecule has 1 aliphatic rings. The largest absolute Gasteiger partial charge is 0.487 e. The third kappa shape index (κ3) is 2.28. The Balaban J connectivity index is 1.72. The van der Waals surface area contributed by atoms with Gasteiger partial charge in [-0.1, -0.05) is 22.2 Å². The second-order valence-corrected chi connectivity index (χ2v) is 5.42. The van der Waals surface area contributed by atoms with Crippen molar-refractivity contribution in [3.8, 4) is 5.75 Å². The quantitative estimate of drug-likeness (QED) is 0.855. The van der Waals surface area contributed by atoms with E-state index in [1.807, 2.05) is 6.07 Å². The van der Waals surface area contributed by atoms with Gasteiger partial charge in [-0.2, -0.15) is 0 Å². The van der Waals surface area contributed by atoms with Gasteiger partial charge in [0.15, 0.2) is 0 Å². The van der Waals surface area contributed by atoms with Gasteiger partial charge < -0.3 is 4.74 Å². The van der Waals surface area contributed by atoms with Crippen LogP contribution in [0.15, 0.2) is 18.2 Å². The van der Waals surface area contributed by atoms with Crippen LogP contribution in [0, 0.1) is 0 Å². The minimum atomic E-state index is 0.383. The molecule has 17 heavy (non-hydrogen) atoms. The summed E-state index contributed by atoms with van der Waals surface area (Å²) in [6.45, 7) is 0.383. The number of fused-ring (bicyclic) bond motifs is 1. The number of halogens is 1. The van der Waals surface area contributed by atoms with Gasteiger partial charge in [-0.25, -0.2) is 0 Å². The lowest BCUT2D eigenvalue weighted by Gasteiger charge is -2.06. The minimum absolute atomic E-state index is 0.383. The van der Waals surface area contributed by atoms with Gasteiger partial charge in [0.25, 0.3) is 0 Å². The first-order valence-electron chi connectivity index (χ1n) is 5.54. The van der Waals surface area contributed by atoms with Gasteiger partial charge >= 0.3 is 0 Å². The monoisotopic (exact) mass is 266 g/mol. The Kier molecular flexibility index (Phi) is 2.99. The van der Waals surface area contributed by atoms with Crippen molar-refractivity contribution in [2.45, 2.75) is 25.9 Å². The van der Waals surface area contributed by atoms with Gasteiger partial charge in [-0.15, -0.1) is 5.10 Å². The molecule has 0 N–H and O–H groups in total. The van der Waals surface area contributed by atoms with Crippen molar-refractivity contribution < 1.29 is 4.74 Å². The first-order chi connectivity index (χ1) is 8.33. The second kappa shape index (κ2) is 4.63. The Labute approximate surface area is 109 Å². The third-order valence-electron chi connectivity index (χ3n) is 2.95. The topological polar surface area (TPSA) is 35.0 Å². The molecule has 0 fully saturated rings. The number of aromatic nitrogens is 2. The summed E-state index contributed by atoms with van der Waals surface area (Å²) in [6.07, 6.45) is 3.60. The Bertz CT molecular complexity index is 541. The van der Waals surface area contributed by atoms with E-state index in [1.165, 1.54) is 35.5 Å². The maximum absolute atomic E-state index is 5.91. The molecule has 0 amide bonds. The van der Waals surface area contributed by atoms with Crippen molar-refractivity contribution in [2.75, 3.05) is 0 Å². The molecule has 0 unspecified atom stereocenters. The van der Waals surface area contributed by atoms with Gasteiger partial charge in [-0.05, 0) is 42.5 Å². The highest BCUT2D eigenvalue weighted by atomic mass is 35.5. The van der Waals surface area contributed by atoms with E-state index < -0.39 is 0 Å². The van der Waals surface area contributed by atoms with Crippen LogP contribution < -0.4 is 4.74 Å². The molecular weight excluding hydrogens is 256 g/mol. The van der Waals surface area contributed by atoms with Crippen LogP contribution in [0.1, 0.15) is 23.2 Å². The van der Waals surface area contributed by atoms with Crippen molar-refractivity contribution in [3.63, 3.8) is 0 Å². The van der Waals surface area contributed by atoms with Crippen LogP contribution in [0.5, 0.6) is 5.75 Å². The molecule has 2 aromatic rings. The first-order valence-corrected chi connectivity index (χ1v) is 6.69. The van der Waals surface area contributed by atoms with Crippen LogP contribution in [0.3, 0.4) is 0 Å². The first kappa shape index (κ1) is 11.0. The average molecular weight is 267 g/mol. The Morgan fingerprint density at radius 3 is 3.00 bits per heavy atom. The molecule has 0 saturated carbocycles. The fraction of sp³-hybridized carbons (Fsp3) is 0.333. The van der Waals surface area contributed by atoms with Crippen molar-refractivity contribution in [3.05, 3.63) is 39.4 Å². The zero-order valence-corrected chi connectivity index (χ0v) is 10.7. The highest BCUT2D eigenvalue weighted by Gasteiger charge is 2.12. The number of hydrogen-bond acceptors (Lipinski definition) is 4. The SMILES string of the molecule is Clc1snnc1COc1ccc2c(c1)CCC2. The fourth-order valence-electron chi connectivity index (χ4n) is 2.07. The standard InChI is InChI=1S/C12H11ClN2OS/c13-12-11(14-15-17-12)7-16-10-5-4-8-2-1-3-9(8)6-10/h4-6H,1-3,7H2. The van der Waals surface area contributed by atoms with Crippen LogP contribution in [0.2, 0.25) is 4.34 Å². The molecule has 3 nitrogen and oxygen atoms in total. The van der Waals surface area contributed by atoms with E-state index in [-0.39, 0.29) is 0 Å². The van der Waals surface area contributed by atoms with E-state index in [1.54, 1.807) is 0 Å². The summed E-state index contributed by atoms with van der Waals surface area (Å²) in [7, 11) is 0. The molecule has 3 rings (SSSR count). The molecular formula is C12H11ClN2OS. The van der Waals surface area contributed by atoms with Crippen molar-refractivity contribution in [2.24, 2.45) is 0 Å². The average Bonchev–Trinajstić information content (AvgIpc) is 2.94. The van der Waals surface area contributed by atoms with E-state index >= 15 is 0 Å². The molecule has 88 valence electrons. The zero-order valence-electron chi connectivity index (χ0n) is 9.15. The summed E-state index contributed by atoms with van der Waals surface area (Å²) in [6, 6.07) is 6.28. The van der Waals surface area contributed by atoms with Crippen LogP contribution in [0.25, 0.3) is 0 Å². The van der Waals surface area contributed by atoms with Gasteiger partial charge in [-0.3, -0.25) is 0 Å². The van der Waals surface area contributed by atoms with E-state index in [4.69, 9.17) is 16.3 Å². The molecule has 1 aliphatic carbocycles. The minimum Gasteiger partial charge on any atom is -0.487 e. The predicted molar refractivity (Wildman–Crippen MR) is 67.7 cm³/mol. The molecule has 0 atom stereocenters. The third-order valence-corrected chi connectivity index (χ3v) is 3.94. The molecule has 1 heterocycles. The summed E-state index contributed by atoms with van der Waals surface area (Å²) < 4.78 is 10.1. The molecule has 0 bridgehead atoms. The van der Waals surface area contributed by atoms with Gasteiger partial charge in [0.2, 0.25) is 0 Å². The Hall–Kier alpha value is -1.13. The van der Waals surface area contributed by atoms with Crippen molar-refractivity contribution in [1.82, 2.24) is 9.59 Å². The lowest BCUT2D eigenvalue weighted by atomic mass is 10.1. The summed E-state index contributed by atoms with van der Waals surface area (Å²) in [5, 5.41) is 3.91. The fourth-order valence-corrected chi connectivity index (χ4v) is 2.67. The Morgan fingerprint density at radius 2 is 2.18 bits per heavy atom. The Morgan fingerprint density at radius 1 is 1.29 bits per heavy atom. The normalized spacial score (nSPS) is 13.7. The lowest BCUT2D eigenvalue weighted by molar-refractivity contribution is 0.301. The molecule has 1 aromatic heterocycles. The summed E-state index contributed by atoms with van der Waals surface area (Å²) in [5.74, 6) is 0.884. The van der Waals surface area contributed by atoms with Crippen LogP contribution >= 0.6 is 23.1 Å². The number of hydrogen-bond donors (Lipinski definition) is 0. The molecule has 1 aromatic carbocycles. The summed E-state index contributed by atoms with van der Waals surface area (Å²) in [4.78, 5) is 0. The number of benzene rings is 1. The van der Waals surface area contributed by atoms with Crippen molar-refractivity contribution in [1.29, 1.82) is 0 Å². The molecule has 0 aliphatic heterocycles. The van der Waals surface area contributed by atoms with Crippen molar-refractivity contribution >= 4 is 23.1 Å². The number of rotatable bonds is 3. The molecule has 0 radical (unpaired) electrons. The molecule has 5 heteroatoms. The number of ether oxygens (including phenoxy) is 1. The smallest absolute Gasteiger partial charge is 0.141 e. The molecule has 0 spiro atoms. The van der Waals surface area contributed by atoms with Gasteiger partial charge in [0.1, 0.15) is 22.4 Å². The summed E-state index contributed by atoms with van der Waals surface area (Å²) in [5.41, 5.74) is 3.56. The van der Waals surface area contributed by atoms with E-state index in [0.29, 0.717) is 16.6 Å². The molecule has 0 saturated heterocycles. The maximum atomic E-state index is 5.91. The maximum Gasteiger partial charge on any atom is 0.141 e. The predicted octanol–water partition coefficient (Wildman–Crippen LogP) is 3.26. The highest BCUT2D eigenvalue weighted by molar-refractivity contribution is 7.10. The van der Waals surface area contributed by atoms with Crippen LogP contribution in [-0.4, -0.2) is 9.59 Å².